The van der Waals surface area contributed by atoms with Crippen LogP contribution in [-0.2, 0) is 9.53 Å². The van der Waals surface area contributed by atoms with Crippen LogP contribution in [0.5, 0.6) is 0 Å². The van der Waals surface area contributed by atoms with Gasteiger partial charge in [-0.1, -0.05) is 60.7 Å². The molecule has 3 heteroatoms. The molecule has 0 aromatic heterocycles. The summed E-state index contributed by atoms with van der Waals surface area (Å²) in [6, 6.07) is 18.2. The number of esters is 1. The molecule has 102 valence electrons. The molecule has 0 amide bonds. The van der Waals surface area contributed by atoms with Gasteiger partial charge in [-0.05, 0) is 5.56 Å². The van der Waals surface area contributed by atoms with Crippen LogP contribution in [0.3, 0.4) is 0 Å². The fourth-order valence-electron chi connectivity index (χ4n) is 2.09. The van der Waals surface area contributed by atoms with Crippen molar-refractivity contribution in [1.82, 2.24) is 0 Å². The van der Waals surface area contributed by atoms with Gasteiger partial charge in [-0.15, -0.1) is 0 Å². The third-order valence-electron chi connectivity index (χ3n) is 3.17. The molecule has 2 rings (SSSR count). The van der Waals surface area contributed by atoms with Crippen molar-refractivity contribution >= 4 is 11.8 Å². The highest BCUT2D eigenvalue weighted by molar-refractivity contribution is 5.99. The van der Waals surface area contributed by atoms with Crippen LogP contribution in [0.1, 0.15) is 28.3 Å². The normalized spacial score (nSPS) is 11.7. The molecule has 0 radical (unpaired) electrons. The van der Waals surface area contributed by atoms with Crippen molar-refractivity contribution in [3.05, 3.63) is 71.8 Å². The fourth-order valence-corrected chi connectivity index (χ4v) is 2.09. The van der Waals surface area contributed by atoms with Crippen molar-refractivity contribution < 1.29 is 14.3 Å². The number of Topliss-reactive ketones (excluding diaryl/α,β-unsaturated/α-hetero) is 1. The average molecular weight is 268 g/mol. The summed E-state index contributed by atoms with van der Waals surface area (Å²) in [6.07, 6.45) is 0.112. The number of ether oxygens (including phenoxy) is 1. The van der Waals surface area contributed by atoms with Gasteiger partial charge in [0, 0.05) is 12.0 Å². The second-order valence-electron chi connectivity index (χ2n) is 4.48. The van der Waals surface area contributed by atoms with E-state index in [0.717, 1.165) is 5.56 Å². The summed E-state index contributed by atoms with van der Waals surface area (Å²) in [6.45, 7) is 0. The lowest BCUT2D eigenvalue weighted by Crippen LogP contribution is -2.18. The zero-order valence-electron chi connectivity index (χ0n) is 11.3. The first kappa shape index (κ1) is 14.0. The summed E-state index contributed by atoms with van der Waals surface area (Å²) in [5.41, 5.74) is 1.40. The smallest absolute Gasteiger partial charge is 0.313 e. The quantitative estimate of drug-likeness (QED) is 0.617. The van der Waals surface area contributed by atoms with Crippen LogP contribution < -0.4 is 0 Å². The average Bonchev–Trinajstić information content (AvgIpc) is 2.53. The molecule has 1 atom stereocenters. The molecule has 0 aliphatic rings. The lowest BCUT2D eigenvalue weighted by molar-refractivity contribution is -0.142. The minimum absolute atomic E-state index is 0.0650. The van der Waals surface area contributed by atoms with Gasteiger partial charge in [0.25, 0.3) is 0 Å². The van der Waals surface area contributed by atoms with E-state index in [2.05, 4.69) is 0 Å². The van der Waals surface area contributed by atoms with Crippen LogP contribution in [0.2, 0.25) is 0 Å². The molecule has 2 aromatic carbocycles. The number of rotatable bonds is 5. The highest BCUT2D eigenvalue weighted by atomic mass is 16.5. The molecule has 0 aliphatic carbocycles. The predicted octanol–water partition coefficient (Wildman–Crippen LogP) is 3.22. The fraction of sp³-hybridized carbons (Fsp3) is 0.176. The van der Waals surface area contributed by atoms with Crippen LogP contribution in [-0.4, -0.2) is 18.9 Å². The number of hydrogen-bond acceptors (Lipinski definition) is 3. The minimum Gasteiger partial charge on any atom is -0.469 e. The number of carbonyl (C=O) groups excluding carboxylic acids is 2. The topological polar surface area (TPSA) is 43.4 Å². The molecular formula is C17H16O3. The summed E-state index contributed by atoms with van der Waals surface area (Å²) in [5.74, 6) is -1.01. The van der Waals surface area contributed by atoms with Gasteiger partial charge in [-0.2, -0.15) is 0 Å². The summed E-state index contributed by atoms with van der Waals surface area (Å²) in [7, 11) is 1.34. The Balaban J connectivity index is 2.21. The Hall–Kier alpha value is -2.42. The largest absolute Gasteiger partial charge is 0.469 e. The monoisotopic (exact) mass is 268 g/mol. The number of hydrogen-bond donors (Lipinski definition) is 0. The van der Waals surface area contributed by atoms with E-state index in [4.69, 9.17) is 4.74 Å². The predicted molar refractivity (Wildman–Crippen MR) is 76.6 cm³/mol. The van der Waals surface area contributed by atoms with E-state index < -0.39 is 5.92 Å². The van der Waals surface area contributed by atoms with Gasteiger partial charge in [-0.3, -0.25) is 9.59 Å². The van der Waals surface area contributed by atoms with E-state index in [1.807, 2.05) is 48.5 Å². The lowest BCUT2D eigenvalue weighted by Gasteiger charge is -2.14. The van der Waals surface area contributed by atoms with Crippen molar-refractivity contribution in [2.24, 2.45) is 0 Å². The van der Waals surface area contributed by atoms with Gasteiger partial charge >= 0.3 is 5.97 Å². The molecule has 0 saturated heterocycles. The second kappa shape index (κ2) is 6.66. The number of benzene rings is 2. The second-order valence-corrected chi connectivity index (χ2v) is 4.48. The molecule has 0 unspecified atom stereocenters. The van der Waals surface area contributed by atoms with E-state index in [1.54, 1.807) is 12.1 Å². The van der Waals surface area contributed by atoms with Gasteiger partial charge in [0.05, 0.1) is 13.0 Å². The Kier molecular flexibility index (Phi) is 4.66. The van der Waals surface area contributed by atoms with Gasteiger partial charge in [0.1, 0.15) is 0 Å². The van der Waals surface area contributed by atoms with Crippen molar-refractivity contribution in [3.8, 4) is 0 Å². The van der Waals surface area contributed by atoms with Crippen molar-refractivity contribution in [3.63, 3.8) is 0 Å². The van der Waals surface area contributed by atoms with Crippen molar-refractivity contribution in [2.75, 3.05) is 7.11 Å². The summed E-state index contributed by atoms with van der Waals surface area (Å²) < 4.78 is 4.81. The Morgan fingerprint density at radius 2 is 1.50 bits per heavy atom. The van der Waals surface area contributed by atoms with Crippen LogP contribution >= 0.6 is 0 Å². The van der Waals surface area contributed by atoms with Crippen molar-refractivity contribution in [1.29, 1.82) is 0 Å². The molecule has 0 N–H and O–H groups in total. The highest BCUT2D eigenvalue weighted by Gasteiger charge is 2.24. The third kappa shape index (κ3) is 3.32. The van der Waals surface area contributed by atoms with E-state index >= 15 is 0 Å². The van der Waals surface area contributed by atoms with Gasteiger partial charge in [-0.25, -0.2) is 0 Å². The van der Waals surface area contributed by atoms with E-state index in [9.17, 15) is 9.59 Å². The first-order chi connectivity index (χ1) is 9.72. The molecule has 0 bridgehead atoms. The standard InChI is InChI=1S/C17H16O3/c1-20-17(19)15(13-8-4-2-5-9-13)12-16(18)14-10-6-3-7-11-14/h2-11,15H,12H2,1H3/t15-/m1/s1. The number of carbonyl (C=O) groups is 2. The maximum absolute atomic E-state index is 12.2. The molecule has 20 heavy (non-hydrogen) atoms. The molecule has 0 saturated carbocycles. The zero-order chi connectivity index (χ0) is 14.4. The number of ketones is 1. The van der Waals surface area contributed by atoms with Crippen LogP contribution in [0.25, 0.3) is 0 Å². The van der Waals surface area contributed by atoms with Gasteiger partial charge in [0.15, 0.2) is 5.78 Å². The van der Waals surface area contributed by atoms with Crippen LogP contribution in [0, 0.1) is 0 Å². The molecule has 3 nitrogen and oxygen atoms in total. The third-order valence-corrected chi connectivity index (χ3v) is 3.17. The maximum Gasteiger partial charge on any atom is 0.313 e. The molecule has 0 spiro atoms. The number of methoxy groups -OCH3 is 1. The molecule has 0 aliphatic heterocycles. The molecule has 0 fully saturated rings. The Morgan fingerprint density at radius 3 is 2.05 bits per heavy atom. The minimum atomic E-state index is -0.561. The summed E-state index contributed by atoms with van der Waals surface area (Å²) in [4.78, 5) is 24.1. The molecular weight excluding hydrogens is 252 g/mol. The molecule has 2 aromatic rings. The van der Waals surface area contributed by atoms with E-state index in [1.165, 1.54) is 7.11 Å². The zero-order valence-corrected chi connectivity index (χ0v) is 11.3. The van der Waals surface area contributed by atoms with Gasteiger partial charge < -0.3 is 4.74 Å². The first-order valence-electron chi connectivity index (χ1n) is 6.43. The summed E-state index contributed by atoms with van der Waals surface area (Å²) in [5, 5.41) is 0. The Bertz CT molecular complexity index is 576. The lowest BCUT2D eigenvalue weighted by atomic mass is 9.91. The summed E-state index contributed by atoms with van der Waals surface area (Å²) >= 11 is 0. The first-order valence-corrected chi connectivity index (χ1v) is 6.43. The van der Waals surface area contributed by atoms with E-state index in [-0.39, 0.29) is 18.2 Å². The highest BCUT2D eigenvalue weighted by Crippen LogP contribution is 2.23. The Morgan fingerprint density at radius 1 is 0.950 bits per heavy atom. The van der Waals surface area contributed by atoms with Crippen molar-refractivity contribution in [2.45, 2.75) is 12.3 Å². The Labute approximate surface area is 118 Å². The molecule has 0 heterocycles. The van der Waals surface area contributed by atoms with Crippen LogP contribution in [0.15, 0.2) is 60.7 Å². The SMILES string of the molecule is COC(=O)[C@H](CC(=O)c1ccccc1)c1ccccc1. The maximum atomic E-state index is 12.2. The van der Waals surface area contributed by atoms with E-state index in [0.29, 0.717) is 5.56 Å². The van der Waals surface area contributed by atoms with Crippen LogP contribution in [0.4, 0.5) is 0 Å². The van der Waals surface area contributed by atoms with Gasteiger partial charge in [0.2, 0.25) is 0 Å².